The molecule has 57 heavy (non-hydrogen) atoms. The number of phosphoric ester groups is 1. The van der Waals surface area contributed by atoms with E-state index < -0.39 is 7.82 Å². The van der Waals surface area contributed by atoms with E-state index in [0.717, 1.165) is 63.9 Å². The smallest absolute Gasteiger partial charge is 0.394 e. The molecular formula is C50H55Br2O4P. The van der Waals surface area contributed by atoms with Crippen LogP contribution in [0.5, 0.6) is 11.5 Å². The zero-order valence-corrected chi connectivity index (χ0v) is 39.3. The van der Waals surface area contributed by atoms with Crippen molar-refractivity contribution < 1.29 is 18.5 Å². The van der Waals surface area contributed by atoms with Gasteiger partial charge in [0.25, 0.3) is 0 Å². The van der Waals surface area contributed by atoms with Gasteiger partial charge in [-0.2, -0.15) is 0 Å². The van der Waals surface area contributed by atoms with Crippen molar-refractivity contribution in [2.45, 2.75) is 119 Å². The lowest BCUT2D eigenvalue weighted by Gasteiger charge is -2.26. The molecule has 0 unspecified atom stereocenters. The molecule has 298 valence electrons. The molecule has 0 amide bonds. The van der Waals surface area contributed by atoms with Crippen molar-refractivity contribution in [2.75, 3.05) is 0 Å². The van der Waals surface area contributed by atoms with E-state index in [4.69, 9.17) is 9.05 Å². The highest BCUT2D eigenvalue weighted by Crippen LogP contribution is 2.63. The van der Waals surface area contributed by atoms with Gasteiger partial charge in [0.15, 0.2) is 0 Å². The Balaban J connectivity index is 1.76. The van der Waals surface area contributed by atoms with Gasteiger partial charge >= 0.3 is 7.82 Å². The van der Waals surface area contributed by atoms with Crippen LogP contribution >= 0.6 is 39.7 Å². The number of benzene rings is 6. The lowest BCUT2D eigenvalue weighted by Crippen LogP contribution is -2.06. The normalized spacial score (nSPS) is 13.9. The molecule has 0 bridgehead atoms. The summed E-state index contributed by atoms with van der Waals surface area (Å²) in [5, 5.41) is 3.79. The van der Waals surface area contributed by atoms with Crippen LogP contribution in [0.2, 0.25) is 0 Å². The molecule has 0 atom stereocenters. The molecular weight excluding hydrogens is 855 g/mol. The third-order valence-electron chi connectivity index (χ3n) is 11.6. The monoisotopic (exact) mass is 908 g/mol. The molecule has 0 saturated carbocycles. The fraction of sp³-hybridized carbons (Fsp3) is 0.360. The summed E-state index contributed by atoms with van der Waals surface area (Å²) in [6.07, 6.45) is 0. The Bertz CT molecular complexity index is 2380. The van der Waals surface area contributed by atoms with Gasteiger partial charge in [0.2, 0.25) is 0 Å². The topological polar surface area (TPSA) is 55.8 Å². The van der Waals surface area contributed by atoms with Gasteiger partial charge in [-0.3, -0.25) is 4.89 Å². The molecule has 0 saturated heterocycles. The Kier molecular flexibility index (Phi) is 11.5. The first-order chi connectivity index (χ1) is 26.8. The Morgan fingerprint density at radius 1 is 0.456 bits per heavy atom. The van der Waals surface area contributed by atoms with Gasteiger partial charge in [-0.25, -0.2) is 4.57 Å². The van der Waals surface area contributed by atoms with Crippen LogP contribution in [0, 0.1) is 0 Å². The summed E-state index contributed by atoms with van der Waals surface area (Å²) in [7, 11) is -4.79. The van der Waals surface area contributed by atoms with Crippen molar-refractivity contribution in [3.63, 3.8) is 0 Å². The van der Waals surface area contributed by atoms with E-state index in [1.165, 1.54) is 33.4 Å². The lowest BCUT2D eigenvalue weighted by molar-refractivity contribution is 0.295. The molecule has 0 aliphatic carbocycles. The zero-order valence-electron chi connectivity index (χ0n) is 35.3. The second-order valence-electron chi connectivity index (χ2n) is 17.7. The number of halogens is 2. The predicted octanol–water partition coefficient (Wildman–Crippen LogP) is 17.1. The van der Waals surface area contributed by atoms with Crippen LogP contribution in [0.3, 0.4) is 0 Å². The molecule has 1 N–H and O–H groups in total. The Morgan fingerprint density at radius 2 is 0.772 bits per heavy atom. The third-order valence-corrected chi connectivity index (χ3v) is 13.4. The van der Waals surface area contributed by atoms with Crippen LogP contribution in [0.25, 0.3) is 54.9 Å². The van der Waals surface area contributed by atoms with Gasteiger partial charge in [-0.1, -0.05) is 151 Å². The molecule has 4 nitrogen and oxygen atoms in total. The molecule has 0 radical (unpaired) electrons. The first kappa shape index (κ1) is 41.7. The average molecular weight is 911 g/mol. The summed E-state index contributed by atoms with van der Waals surface area (Å²) < 4.78 is 29.7. The number of fused-ring (bicyclic) bond motifs is 7. The van der Waals surface area contributed by atoms with E-state index in [0.29, 0.717) is 23.3 Å². The fourth-order valence-corrected chi connectivity index (χ4v) is 10.2. The van der Waals surface area contributed by atoms with Crippen molar-refractivity contribution in [2.24, 2.45) is 0 Å². The molecule has 6 aromatic rings. The second kappa shape index (κ2) is 15.6. The van der Waals surface area contributed by atoms with Crippen molar-refractivity contribution in [1.29, 1.82) is 0 Å². The molecule has 0 aromatic heterocycles. The van der Waals surface area contributed by atoms with E-state index >= 15 is 0 Å². The van der Waals surface area contributed by atoms with Gasteiger partial charge in [-0.15, -0.1) is 0 Å². The lowest BCUT2D eigenvalue weighted by atomic mass is 9.78. The second-order valence-corrected chi connectivity index (χ2v) is 20.8. The van der Waals surface area contributed by atoms with Crippen molar-refractivity contribution >= 4 is 61.2 Å². The highest BCUT2D eigenvalue weighted by Gasteiger charge is 2.39. The van der Waals surface area contributed by atoms with E-state index in [-0.39, 0.29) is 23.7 Å². The number of rotatable bonds is 8. The van der Waals surface area contributed by atoms with E-state index in [1.54, 1.807) is 0 Å². The first-order valence-electron chi connectivity index (χ1n) is 20.4. The van der Waals surface area contributed by atoms with Crippen molar-refractivity contribution in [3.8, 4) is 44.9 Å². The first-order valence-corrected chi connectivity index (χ1v) is 23.5. The number of phosphoric acid groups is 1. The fourth-order valence-electron chi connectivity index (χ4n) is 8.56. The van der Waals surface area contributed by atoms with E-state index in [2.05, 4.69) is 176 Å². The van der Waals surface area contributed by atoms with Crippen LogP contribution in [0.4, 0.5) is 0 Å². The minimum Gasteiger partial charge on any atom is -0.394 e. The van der Waals surface area contributed by atoms with E-state index in [1.807, 2.05) is 12.1 Å². The summed E-state index contributed by atoms with van der Waals surface area (Å²) in [5.74, 6) is 2.06. The van der Waals surface area contributed by atoms with E-state index in [9.17, 15) is 9.46 Å². The molecule has 1 heterocycles. The Hall–Kier alpha value is -3.41. The predicted molar refractivity (Wildman–Crippen MR) is 249 cm³/mol. The highest BCUT2D eigenvalue weighted by atomic mass is 79.9. The Labute approximate surface area is 356 Å². The summed E-state index contributed by atoms with van der Waals surface area (Å²) >= 11 is 7.56. The highest BCUT2D eigenvalue weighted by molar-refractivity contribution is 9.10. The third kappa shape index (κ3) is 7.66. The average Bonchev–Trinajstić information content (AvgIpc) is 3.25. The molecule has 0 fully saturated rings. The standard InChI is InChI=1S/C50H55Br2O4P/c1-25(2)31-19-39(27(5)6)45(40(20-31)28(7)8)43-23-33-17-35(51)13-15-37(33)47-48-38-16-14-36(52)18-34(38)24-44(50(48)56-57(53,54)55-49(43)47)46-41(29(9)10)21-32(26(3)4)22-42(46)30(11)12/h13-30H,1-12H3,(H,53,54). The number of hydrogen-bond acceptors (Lipinski definition) is 3. The van der Waals surface area contributed by atoms with Crippen LogP contribution in [-0.4, -0.2) is 4.89 Å². The summed E-state index contributed by atoms with van der Waals surface area (Å²) in [4.78, 5) is 12.1. The molecule has 7 heteroatoms. The van der Waals surface area contributed by atoms with Gasteiger partial charge < -0.3 is 9.05 Å². The van der Waals surface area contributed by atoms with Gasteiger partial charge in [0.05, 0.1) is 0 Å². The van der Waals surface area contributed by atoms with Crippen LogP contribution < -0.4 is 9.05 Å². The minimum absolute atomic E-state index is 0.169. The number of hydrogen-bond donors (Lipinski definition) is 1. The molecule has 7 rings (SSSR count). The molecule has 1 aliphatic heterocycles. The minimum atomic E-state index is -4.79. The van der Waals surface area contributed by atoms with Crippen molar-refractivity contribution in [1.82, 2.24) is 0 Å². The van der Waals surface area contributed by atoms with Crippen LogP contribution in [0.15, 0.2) is 81.7 Å². The van der Waals surface area contributed by atoms with Crippen LogP contribution in [-0.2, 0) is 4.57 Å². The van der Waals surface area contributed by atoms with Gasteiger partial charge in [0.1, 0.15) is 11.5 Å². The quantitative estimate of drug-likeness (QED) is 0.155. The largest absolute Gasteiger partial charge is 0.584 e. The van der Waals surface area contributed by atoms with Gasteiger partial charge in [-0.05, 0) is 138 Å². The maximum absolute atomic E-state index is 14.8. The summed E-state index contributed by atoms with van der Waals surface area (Å²) in [5.41, 5.74) is 12.4. The van der Waals surface area contributed by atoms with Gasteiger partial charge in [0, 0.05) is 31.2 Å². The van der Waals surface area contributed by atoms with Crippen LogP contribution in [0.1, 0.15) is 152 Å². The summed E-state index contributed by atoms with van der Waals surface area (Å²) in [6.45, 7) is 26.7. The Morgan fingerprint density at radius 3 is 1.05 bits per heavy atom. The maximum atomic E-state index is 14.8. The van der Waals surface area contributed by atoms with Crippen molar-refractivity contribution in [3.05, 3.63) is 115 Å². The SMILES string of the molecule is CC(C)c1cc(C(C)C)c(-c2cc3cc(Br)ccc3c3c2OP(=O)(O)Oc2c(-c4c(C(C)C)cc(C(C)C)cc4C(C)C)cc4cc(Br)ccc4c2-3)c(C(C)C)c1. The molecule has 1 aliphatic rings. The summed E-state index contributed by atoms with van der Waals surface area (Å²) in [6, 6.07) is 26.1. The molecule has 6 aromatic carbocycles. The zero-order chi connectivity index (χ0) is 41.4. The maximum Gasteiger partial charge on any atom is 0.584 e. The molecule has 0 spiro atoms.